The molecule has 5 heteroatoms. The molecule has 0 heterocycles. The van der Waals surface area contributed by atoms with Crippen molar-refractivity contribution in [3.8, 4) is 0 Å². The minimum Gasteiger partial charge on any atom is -0.481 e. The normalized spacial score (nSPS) is 10.7. The molecule has 27 heavy (non-hydrogen) atoms. The second-order valence-electron chi connectivity index (χ2n) is 7.50. The number of rotatable bonds is 21. The van der Waals surface area contributed by atoms with Crippen molar-refractivity contribution >= 4 is 18.2 Å². The summed E-state index contributed by atoms with van der Waals surface area (Å²) < 4.78 is 0. The van der Waals surface area contributed by atoms with Gasteiger partial charge in [0.05, 0.1) is 0 Å². The highest BCUT2D eigenvalue weighted by molar-refractivity contribution is 5.75. The first-order valence-electron chi connectivity index (χ1n) is 11.1. The lowest BCUT2D eigenvalue weighted by atomic mass is 10.0. The van der Waals surface area contributed by atoms with Crippen molar-refractivity contribution in [2.45, 2.75) is 116 Å². The number of amides is 1. The summed E-state index contributed by atoms with van der Waals surface area (Å²) in [5, 5.41) is 11.4. The molecular weight excluding hydrogens is 342 g/mol. The van der Waals surface area contributed by atoms with E-state index in [1.807, 2.05) is 0 Å². The van der Waals surface area contributed by atoms with Crippen molar-refractivity contribution in [2.24, 2.45) is 0 Å². The van der Waals surface area contributed by atoms with E-state index in [-0.39, 0.29) is 5.91 Å². The van der Waals surface area contributed by atoms with E-state index in [2.05, 4.69) is 5.32 Å². The number of carbonyl (C=O) groups is 3. The van der Waals surface area contributed by atoms with Gasteiger partial charge in [0.15, 0.2) is 0 Å². The lowest BCUT2D eigenvalue weighted by molar-refractivity contribution is -0.137. The van der Waals surface area contributed by atoms with Crippen LogP contribution in [0, 0.1) is 0 Å². The Bertz CT molecular complexity index is 371. The molecule has 0 fully saturated rings. The zero-order valence-electron chi connectivity index (χ0n) is 17.2. The predicted molar refractivity (Wildman–Crippen MR) is 110 cm³/mol. The maximum Gasteiger partial charge on any atom is 0.303 e. The number of carboxylic acids is 1. The lowest BCUT2D eigenvalue weighted by Crippen LogP contribution is -2.24. The van der Waals surface area contributed by atoms with Crippen LogP contribution in [0.2, 0.25) is 0 Å². The van der Waals surface area contributed by atoms with Crippen molar-refractivity contribution in [1.29, 1.82) is 0 Å². The number of carboxylic acid groups (broad SMARTS) is 1. The van der Waals surface area contributed by atoms with Crippen LogP contribution in [0.4, 0.5) is 0 Å². The molecule has 0 aromatic rings. The molecule has 0 aromatic carbocycles. The highest BCUT2D eigenvalue weighted by Crippen LogP contribution is 2.13. The minimum atomic E-state index is -0.678. The molecule has 0 aliphatic heterocycles. The third-order valence-electron chi connectivity index (χ3n) is 4.87. The van der Waals surface area contributed by atoms with Crippen LogP contribution < -0.4 is 5.32 Å². The first-order valence-corrected chi connectivity index (χ1v) is 11.1. The largest absolute Gasteiger partial charge is 0.481 e. The van der Waals surface area contributed by atoms with Gasteiger partial charge < -0.3 is 15.2 Å². The second kappa shape index (κ2) is 20.9. The van der Waals surface area contributed by atoms with Gasteiger partial charge in [-0.2, -0.15) is 0 Å². The number of hydrogen-bond donors (Lipinski definition) is 2. The maximum absolute atomic E-state index is 11.5. The van der Waals surface area contributed by atoms with Crippen LogP contribution >= 0.6 is 0 Å². The number of aldehydes is 1. The molecule has 1 amide bonds. The summed E-state index contributed by atoms with van der Waals surface area (Å²) in [5.74, 6) is -0.564. The zero-order valence-corrected chi connectivity index (χ0v) is 17.2. The van der Waals surface area contributed by atoms with E-state index in [1.54, 1.807) is 0 Å². The smallest absolute Gasteiger partial charge is 0.303 e. The maximum atomic E-state index is 11.5. The number of hydrogen-bond acceptors (Lipinski definition) is 3. The van der Waals surface area contributed by atoms with Crippen LogP contribution in [0.5, 0.6) is 0 Å². The number of unbranched alkanes of at least 4 members (excludes halogenated alkanes) is 14. The Balaban J connectivity index is 3.11. The third-order valence-corrected chi connectivity index (χ3v) is 4.87. The zero-order chi connectivity index (χ0) is 20.0. The molecule has 0 aliphatic carbocycles. The summed E-state index contributed by atoms with van der Waals surface area (Å²) >= 11 is 0. The number of nitrogens with one attached hydrogen (secondary N) is 1. The monoisotopic (exact) mass is 383 g/mol. The quantitative estimate of drug-likeness (QED) is 0.205. The highest BCUT2D eigenvalue weighted by atomic mass is 16.4. The van der Waals surface area contributed by atoms with Crippen molar-refractivity contribution < 1.29 is 19.5 Å². The van der Waals surface area contributed by atoms with E-state index in [4.69, 9.17) is 5.11 Å². The van der Waals surface area contributed by atoms with Gasteiger partial charge in [0, 0.05) is 25.8 Å². The van der Waals surface area contributed by atoms with Crippen molar-refractivity contribution in [3.05, 3.63) is 0 Å². The molecule has 2 N–H and O–H groups in total. The van der Waals surface area contributed by atoms with Gasteiger partial charge in [-0.15, -0.1) is 0 Å². The van der Waals surface area contributed by atoms with Crippen molar-refractivity contribution in [1.82, 2.24) is 5.32 Å². The Morgan fingerprint density at radius 3 is 1.44 bits per heavy atom. The summed E-state index contributed by atoms with van der Waals surface area (Å²) in [4.78, 5) is 32.1. The number of aliphatic carboxylic acids is 1. The summed E-state index contributed by atoms with van der Waals surface area (Å²) in [5.41, 5.74) is 0. The molecule has 0 aromatic heterocycles. The average molecular weight is 384 g/mol. The third kappa shape index (κ3) is 22.6. The standard InChI is InChI=1S/C22H41NO4/c24-20-16-15-19-23-21(25)17-13-11-9-7-5-3-1-2-4-6-8-10-12-14-18-22(26)27/h20H,1-19H2,(H,23,25)(H,26,27). The van der Waals surface area contributed by atoms with E-state index in [0.29, 0.717) is 25.8 Å². The summed E-state index contributed by atoms with van der Waals surface area (Å²) in [6.07, 6.45) is 19.8. The van der Waals surface area contributed by atoms with E-state index < -0.39 is 5.97 Å². The average Bonchev–Trinajstić information content (AvgIpc) is 2.64. The van der Waals surface area contributed by atoms with Crippen LogP contribution in [-0.4, -0.2) is 29.8 Å². The molecule has 0 atom stereocenters. The second-order valence-corrected chi connectivity index (χ2v) is 7.50. The minimum absolute atomic E-state index is 0.114. The molecule has 0 saturated carbocycles. The Labute approximate surface area is 165 Å². The van der Waals surface area contributed by atoms with E-state index in [1.165, 1.54) is 64.2 Å². The van der Waals surface area contributed by atoms with Gasteiger partial charge in [0.2, 0.25) is 5.91 Å². The first-order chi connectivity index (χ1) is 13.2. The molecule has 0 bridgehead atoms. The Hall–Kier alpha value is -1.39. The fourth-order valence-electron chi connectivity index (χ4n) is 3.18. The van der Waals surface area contributed by atoms with E-state index in [0.717, 1.165) is 38.4 Å². The van der Waals surface area contributed by atoms with Crippen LogP contribution in [0.1, 0.15) is 116 Å². The molecule has 158 valence electrons. The molecule has 0 aliphatic rings. The van der Waals surface area contributed by atoms with E-state index >= 15 is 0 Å². The van der Waals surface area contributed by atoms with Gasteiger partial charge in [0.25, 0.3) is 0 Å². The molecule has 0 unspecified atom stereocenters. The molecule has 0 rings (SSSR count). The van der Waals surface area contributed by atoms with Gasteiger partial charge >= 0.3 is 5.97 Å². The highest BCUT2D eigenvalue weighted by Gasteiger charge is 2.00. The van der Waals surface area contributed by atoms with Gasteiger partial charge in [-0.05, 0) is 19.3 Å². The van der Waals surface area contributed by atoms with Crippen molar-refractivity contribution in [3.63, 3.8) is 0 Å². The molecule has 5 nitrogen and oxygen atoms in total. The Kier molecular flexibility index (Phi) is 19.8. The van der Waals surface area contributed by atoms with Crippen LogP contribution in [0.3, 0.4) is 0 Å². The fraction of sp³-hybridized carbons (Fsp3) is 0.864. The van der Waals surface area contributed by atoms with Gasteiger partial charge in [-0.25, -0.2) is 0 Å². The van der Waals surface area contributed by atoms with E-state index in [9.17, 15) is 14.4 Å². The first kappa shape index (κ1) is 25.6. The SMILES string of the molecule is O=CCCCNC(=O)CCCCCCCCCCCCCCCCC(=O)O. The summed E-state index contributed by atoms with van der Waals surface area (Å²) in [7, 11) is 0. The van der Waals surface area contributed by atoms with Crippen LogP contribution in [0.25, 0.3) is 0 Å². The summed E-state index contributed by atoms with van der Waals surface area (Å²) in [6.45, 7) is 0.613. The molecular formula is C22H41NO4. The number of carbonyl (C=O) groups excluding carboxylic acids is 2. The molecule has 0 spiro atoms. The molecule has 0 saturated heterocycles. The van der Waals surface area contributed by atoms with Crippen LogP contribution in [-0.2, 0) is 14.4 Å². The van der Waals surface area contributed by atoms with Crippen molar-refractivity contribution in [2.75, 3.05) is 6.54 Å². The topological polar surface area (TPSA) is 83.5 Å². The molecule has 0 radical (unpaired) electrons. The Morgan fingerprint density at radius 2 is 1.04 bits per heavy atom. The fourth-order valence-corrected chi connectivity index (χ4v) is 3.18. The Morgan fingerprint density at radius 1 is 0.630 bits per heavy atom. The van der Waals surface area contributed by atoms with Gasteiger partial charge in [0.1, 0.15) is 6.29 Å². The summed E-state index contributed by atoms with van der Waals surface area (Å²) in [6, 6.07) is 0. The van der Waals surface area contributed by atoms with Crippen LogP contribution in [0.15, 0.2) is 0 Å². The van der Waals surface area contributed by atoms with Gasteiger partial charge in [-0.1, -0.05) is 77.0 Å². The lowest BCUT2D eigenvalue weighted by Gasteiger charge is -2.04. The predicted octanol–water partition coefficient (Wildman–Crippen LogP) is 5.41. The van der Waals surface area contributed by atoms with Gasteiger partial charge in [-0.3, -0.25) is 9.59 Å².